The van der Waals surface area contributed by atoms with Crippen LogP contribution in [-0.4, -0.2) is 28.1 Å². The Balaban J connectivity index is 2.09. The second-order valence-electron chi connectivity index (χ2n) is 3.91. The summed E-state index contributed by atoms with van der Waals surface area (Å²) in [5, 5.41) is 8.73. The molecule has 0 radical (unpaired) electrons. The van der Waals surface area contributed by atoms with Crippen LogP contribution in [0.3, 0.4) is 0 Å². The largest absolute Gasteiger partial charge is 0.476 e. The summed E-state index contributed by atoms with van der Waals surface area (Å²) in [4.78, 5) is 20.5. The fraction of sp³-hybridized carbons (Fsp3) is 0.154. The molecule has 0 atom stereocenters. The Hall–Kier alpha value is -2.43. The molecule has 5 nitrogen and oxygen atoms in total. The summed E-state index contributed by atoms with van der Waals surface area (Å²) in [6, 6.07) is 9.96. The highest BCUT2D eigenvalue weighted by Gasteiger charge is 2.07. The number of rotatable bonds is 4. The van der Waals surface area contributed by atoms with Crippen LogP contribution in [0.25, 0.3) is 0 Å². The van der Waals surface area contributed by atoms with Crippen LogP contribution >= 0.6 is 0 Å². The van der Waals surface area contributed by atoms with Crippen molar-refractivity contribution in [3.8, 4) is 0 Å². The van der Waals surface area contributed by atoms with Gasteiger partial charge in [0.1, 0.15) is 5.82 Å². The molecular weight excluding hydrogens is 230 g/mol. The van der Waals surface area contributed by atoms with Crippen LogP contribution in [0, 0.1) is 0 Å². The fourth-order valence-electron chi connectivity index (χ4n) is 1.57. The normalized spacial score (nSPS) is 10.1. The van der Waals surface area contributed by atoms with E-state index in [9.17, 15) is 4.79 Å². The van der Waals surface area contributed by atoms with Crippen LogP contribution in [0.1, 0.15) is 16.1 Å². The predicted octanol–water partition coefficient (Wildman–Crippen LogP) is 1.81. The molecule has 0 amide bonds. The van der Waals surface area contributed by atoms with E-state index in [1.165, 1.54) is 12.4 Å². The van der Waals surface area contributed by atoms with Gasteiger partial charge in [-0.25, -0.2) is 14.8 Å². The van der Waals surface area contributed by atoms with Gasteiger partial charge in [-0.3, -0.25) is 0 Å². The van der Waals surface area contributed by atoms with E-state index >= 15 is 0 Å². The lowest BCUT2D eigenvalue weighted by Gasteiger charge is -2.17. The number of aromatic carboxylic acids is 1. The maximum atomic E-state index is 10.7. The maximum Gasteiger partial charge on any atom is 0.356 e. The number of hydrogen-bond acceptors (Lipinski definition) is 4. The first-order chi connectivity index (χ1) is 8.66. The van der Waals surface area contributed by atoms with Gasteiger partial charge in [0, 0.05) is 13.6 Å². The molecule has 1 aromatic heterocycles. The number of nitrogens with zero attached hydrogens (tertiary/aromatic N) is 3. The van der Waals surface area contributed by atoms with Crippen molar-refractivity contribution in [2.75, 3.05) is 11.9 Å². The Bertz CT molecular complexity index is 526. The topological polar surface area (TPSA) is 66.3 Å². The molecule has 5 heteroatoms. The Labute approximate surface area is 105 Å². The van der Waals surface area contributed by atoms with E-state index < -0.39 is 5.97 Å². The Morgan fingerprint density at radius 2 is 1.94 bits per heavy atom. The van der Waals surface area contributed by atoms with Crippen molar-refractivity contribution in [1.82, 2.24) is 9.97 Å². The number of hydrogen-bond donors (Lipinski definition) is 1. The SMILES string of the molecule is CN(Cc1ccccc1)c1cnc(C(=O)O)cn1. The second-order valence-corrected chi connectivity index (χ2v) is 3.91. The molecule has 0 spiro atoms. The van der Waals surface area contributed by atoms with E-state index in [4.69, 9.17) is 5.11 Å². The van der Waals surface area contributed by atoms with Crippen LogP contribution in [0.2, 0.25) is 0 Å². The Morgan fingerprint density at radius 1 is 1.22 bits per heavy atom. The van der Waals surface area contributed by atoms with Gasteiger partial charge < -0.3 is 10.0 Å². The lowest BCUT2D eigenvalue weighted by atomic mass is 10.2. The molecule has 0 aliphatic rings. The number of carboxylic acids is 1. The minimum Gasteiger partial charge on any atom is -0.476 e. The zero-order chi connectivity index (χ0) is 13.0. The van der Waals surface area contributed by atoms with Crippen LogP contribution < -0.4 is 4.90 Å². The van der Waals surface area contributed by atoms with E-state index in [0.717, 1.165) is 5.56 Å². The van der Waals surface area contributed by atoms with Gasteiger partial charge in [0.2, 0.25) is 0 Å². The molecule has 0 aliphatic carbocycles. The lowest BCUT2D eigenvalue weighted by molar-refractivity contribution is 0.0690. The standard InChI is InChI=1S/C13H13N3O2/c1-16(9-10-5-3-2-4-6-10)12-8-14-11(7-15-12)13(17)18/h2-8H,9H2,1H3,(H,17,18). The predicted molar refractivity (Wildman–Crippen MR) is 67.5 cm³/mol. The van der Waals surface area contributed by atoms with Gasteiger partial charge in [-0.1, -0.05) is 30.3 Å². The summed E-state index contributed by atoms with van der Waals surface area (Å²) in [7, 11) is 1.89. The molecule has 0 aliphatic heterocycles. The van der Waals surface area contributed by atoms with E-state index in [1.54, 1.807) is 0 Å². The number of anilines is 1. The first-order valence-electron chi connectivity index (χ1n) is 5.47. The molecule has 1 aromatic carbocycles. The fourth-order valence-corrected chi connectivity index (χ4v) is 1.57. The van der Waals surface area contributed by atoms with Gasteiger partial charge in [0.15, 0.2) is 5.69 Å². The summed E-state index contributed by atoms with van der Waals surface area (Å²) in [6.45, 7) is 0.696. The molecule has 0 saturated carbocycles. The van der Waals surface area contributed by atoms with Crippen molar-refractivity contribution >= 4 is 11.8 Å². The van der Waals surface area contributed by atoms with Gasteiger partial charge >= 0.3 is 5.97 Å². The molecule has 1 heterocycles. The number of carboxylic acid groups (broad SMARTS) is 1. The van der Waals surface area contributed by atoms with E-state index in [-0.39, 0.29) is 5.69 Å². The van der Waals surface area contributed by atoms with Crippen LogP contribution in [0.15, 0.2) is 42.7 Å². The van der Waals surface area contributed by atoms with Gasteiger partial charge in [0.05, 0.1) is 12.4 Å². The van der Waals surface area contributed by atoms with Gasteiger partial charge in [-0.2, -0.15) is 0 Å². The quantitative estimate of drug-likeness (QED) is 0.887. The summed E-state index contributed by atoms with van der Waals surface area (Å²) in [5.41, 5.74) is 1.11. The number of benzene rings is 1. The molecule has 2 rings (SSSR count). The molecule has 0 unspecified atom stereocenters. The highest BCUT2D eigenvalue weighted by Crippen LogP contribution is 2.11. The van der Waals surface area contributed by atoms with Crippen molar-refractivity contribution in [2.45, 2.75) is 6.54 Å². The Morgan fingerprint density at radius 3 is 2.50 bits per heavy atom. The Kier molecular flexibility index (Phi) is 3.52. The minimum absolute atomic E-state index is 0.0492. The summed E-state index contributed by atoms with van der Waals surface area (Å²) in [6.07, 6.45) is 2.73. The summed E-state index contributed by atoms with van der Waals surface area (Å²) in [5.74, 6) is -0.427. The number of carbonyl (C=O) groups is 1. The van der Waals surface area contributed by atoms with Crippen LogP contribution in [0.5, 0.6) is 0 Å². The van der Waals surface area contributed by atoms with Crippen LogP contribution in [-0.2, 0) is 6.54 Å². The molecule has 92 valence electrons. The molecule has 1 N–H and O–H groups in total. The van der Waals surface area contributed by atoms with Crippen molar-refractivity contribution < 1.29 is 9.90 Å². The lowest BCUT2D eigenvalue weighted by Crippen LogP contribution is -2.18. The molecule has 18 heavy (non-hydrogen) atoms. The van der Waals surface area contributed by atoms with Gasteiger partial charge in [-0.15, -0.1) is 0 Å². The third-order valence-corrected chi connectivity index (χ3v) is 2.51. The third-order valence-electron chi connectivity index (χ3n) is 2.51. The minimum atomic E-state index is -1.07. The molecule has 0 bridgehead atoms. The monoisotopic (exact) mass is 243 g/mol. The van der Waals surface area contributed by atoms with E-state index in [0.29, 0.717) is 12.4 Å². The van der Waals surface area contributed by atoms with E-state index in [1.807, 2.05) is 42.3 Å². The summed E-state index contributed by atoms with van der Waals surface area (Å²) < 4.78 is 0. The molecule has 2 aromatic rings. The van der Waals surface area contributed by atoms with Crippen LogP contribution in [0.4, 0.5) is 5.82 Å². The number of aromatic nitrogens is 2. The van der Waals surface area contributed by atoms with Crippen molar-refractivity contribution in [2.24, 2.45) is 0 Å². The van der Waals surface area contributed by atoms with Crippen molar-refractivity contribution in [1.29, 1.82) is 0 Å². The molecule has 0 fully saturated rings. The average molecular weight is 243 g/mol. The highest BCUT2D eigenvalue weighted by molar-refractivity contribution is 5.84. The van der Waals surface area contributed by atoms with Crippen molar-refractivity contribution in [3.05, 3.63) is 54.0 Å². The smallest absolute Gasteiger partial charge is 0.356 e. The molecule has 0 saturated heterocycles. The molecular formula is C13H13N3O2. The second kappa shape index (κ2) is 5.27. The first kappa shape index (κ1) is 12.0. The highest BCUT2D eigenvalue weighted by atomic mass is 16.4. The van der Waals surface area contributed by atoms with Gasteiger partial charge in [0.25, 0.3) is 0 Å². The zero-order valence-electron chi connectivity index (χ0n) is 9.95. The maximum absolute atomic E-state index is 10.7. The summed E-state index contributed by atoms with van der Waals surface area (Å²) >= 11 is 0. The average Bonchev–Trinajstić information content (AvgIpc) is 2.40. The van der Waals surface area contributed by atoms with E-state index in [2.05, 4.69) is 9.97 Å². The third kappa shape index (κ3) is 2.82. The first-order valence-corrected chi connectivity index (χ1v) is 5.47. The van der Waals surface area contributed by atoms with Crippen molar-refractivity contribution in [3.63, 3.8) is 0 Å². The zero-order valence-corrected chi connectivity index (χ0v) is 9.95. The van der Waals surface area contributed by atoms with Gasteiger partial charge in [-0.05, 0) is 5.56 Å².